The third-order valence-electron chi connectivity index (χ3n) is 2.40. The monoisotopic (exact) mass is 175 g/mol. The van der Waals surface area contributed by atoms with Gasteiger partial charge in [-0.1, -0.05) is 0 Å². The van der Waals surface area contributed by atoms with E-state index in [1.807, 2.05) is 13.2 Å². The molecule has 0 aliphatic rings. The van der Waals surface area contributed by atoms with Crippen LogP contribution in [0.1, 0.15) is 11.3 Å². The molecule has 0 aromatic carbocycles. The smallest absolute Gasteiger partial charge is 0.139 e. The van der Waals surface area contributed by atoms with Crippen LogP contribution in [-0.2, 0) is 13.6 Å². The van der Waals surface area contributed by atoms with E-state index in [0.29, 0.717) is 6.54 Å². The fourth-order valence-corrected chi connectivity index (χ4v) is 1.51. The van der Waals surface area contributed by atoms with E-state index >= 15 is 0 Å². The molecule has 3 nitrogen and oxygen atoms in total. The van der Waals surface area contributed by atoms with Crippen molar-refractivity contribution in [2.45, 2.75) is 13.5 Å². The molecular weight excluding hydrogens is 162 g/mol. The van der Waals surface area contributed by atoms with E-state index in [1.54, 1.807) is 0 Å². The average Bonchev–Trinajstić information content (AvgIpc) is 2.42. The molecule has 0 spiro atoms. The Labute approximate surface area is 77.2 Å². The predicted octanol–water partition coefficient (Wildman–Crippen LogP) is 1.34. The molecule has 3 heteroatoms. The Hall–Kier alpha value is -1.35. The minimum atomic E-state index is 0.552. The van der Waals surface area contributed by atoms with Crippen molar-refractivity contribution in [1.82, 2.24) is 9.55 Å². The number of hydrogen-bond acceptors (Lipinski definition) is 2. The van der Waals surface area contributed by atoms with Crippen molar-refractivity contribution in [2.75, 3.05) is 0 Å². The number of nitrogens with two attached hydrogens (primary N) is 1. The van der Waals surface area contributed by atoms with Crippen LogP contribution in [0.25, 0.3) is 11.0 Å². The summed E-state index contributed by atoms with van der Waals surface area (Å²) in [5, 5.41) is 1.17. The SMILES string of the molecule is Cc1cc2cc(CN)cnc2n1C. The third-order valence-corrected chi connectivity index (χ3v) is 2.40. The Morgan fingerprint density at radius 1 is 1.46 bits per heavy atom. The van der Waals surface area contributed by atoms with Crippen LogP contribution in [0.3, 0.4) is 0 Å². The fraction of sp³-hybridized carbons (Fsp3) is 0.300. The van der Waals surface area contributed by atoms with E-state index in [9.17, 15) is 0 Å². The lowest BCUT2D eigenvalue weighted by Crippen LogP contribution is -1.97. The molecule has 0 aliphatic carbocycles. The lowest BCUT2D eigenvalue weighted by Gasteiger charge is -1.98. The number of aryl methyl sites for hydroxylation is 2. The summed E-state index contributed by atoms with van der Waals surface area (Å²) in [4.78, 5) is 4.36. The highest BCUT2D eigenvalue weighted by Gasteiger charge is 2.03. The van der Waals surface area contributed by atoms with Gasteiger partial charge in [-0.3, -0.25) is 0 Å². The minimum absolute atomic E-state index is 0.552. The maximum absolute atomic E-state index is 5.54. The largest absolute Gasteiger partial charge is 0.333 e. The zero-order chi connectivity index (χ0) is 9.42. The topological polar surface area (TPSA) is 43.8 Å². The molecule has 0 unspecified atom stereocenters. The minimum Gasteiger partial charge on any atom is -0.333 e. The van der Waals surface area contributed by atoms with E-state index in [4.69, 9.17) is 5.73 Å². The average molecular weight is 175 g/mol. The zero-order valence-electron chi connectivity index (χ0n) is 7.91. The molecule has 68 valence electrons. The lowest BCUT2D eigenvalue weighted by atomic mass is 10.2. The summed E-state index contributed by atoms with van der Waals surface area (Å²) >= 11 is 0. The van der Waals surface area contributed by atoms with Gasteiger partial charge in [-0.2, -0.15) is 0 Å². The molecule has 0 aliphatic heterocycles. The number of nitrogens with zero attached hydrogens (tertiary/aromatic N) is 2. The van der Waals surface area contributed by atoms with Gasteiger partial charge in [-0.05, 0) is 24.6 Å². The Bertz CT molecular complexity index is 443. The number of pyridine rings is 1. The quantitative estimate of drug-likeness (QED) is 0.710. The van der Waals surface area contributed by atoms with Crippen molar-refractivity contribution in [3.63, 3.8) is 0 Å². The predicted molar refractivity (Wildman–Crippen MR) is 53.3 cm³/mol. The molecule has 0 atom stereocenters. The molecule has 0 radical (unpaired) electrons. The van der Waals surface area contributed by atoms with Crippen molar-refractivity contribution in [2.24, 2.45) is 12.8 Å². The maximum atomic E-state index is 5.54. The Balaban J connectivity index is 2.73. The highest BCUT2D eigenvalue weighted by molar-refractivity contribution is 5.77. The Kier molecular flexibility index (Phi) is 1.81. The summed E-state index contributed by atoms with van der Waals surface area (Å²) in [5.41, 5.74) is 8.86. The standard InChI is InChI=1S/C10H13N3/c1-7-3-9-4-8(5-11)6-12-10(9)13(7)2/h3-4,6H,5,11H2,1-2H3. The second kappa shape index (κ2) is 2.85. The van der Waals surface area contributed by atoms with Crippen LogP contribution in [0.4, 0.5) is 0 Å². The fourth-order valence-electron chi connectivity index (χ4n) is 1.51. The van der Waals surface area contributed by atoms with Gasteiger partial charge in [-0.25, -0.2) is 4.98 Å². The van der Waals surface area contributed by atoms with Crippen molar-refractivity contribution < 1.29 is 0 Å². The molecule has 0 amide bonds. The van der Waals surface area contributed by atoms with Gasteiger partial charge in [0, 0.05) is 30.9 Å². The van der Waals surface area contributed by atoms with Gasteiger partial charge in [0.15, 0.2) is 0 Å². The summed E-state index contributed by atoms with van der Waals surface area (Å²) in [7, 11) is 2.02. The summed E-state index contributed by atoms with van der Waals surface area (Å²) in [6, 6.07) is 4.22. The van der Waals surface area contributed by atoms with E-state index < -0.39 is 0 Å². The van der Waals surface area contributed by atoms with Gasteiger partial charge < -0.3 is 10.3 Å². The summed E-state index contributed by atoms with van der Waals surface area (Å²) < 4.78 is 2.08. The molecule has 0 saturated heterocycles. The van der Waals surface area contributed by atoms with E-state index in [-0.39, 0.29) is 0 Å². The molecule has 2 aromatic heterocycles. The first-order valence-electron chi connectivity index (χ1n) is 4.33. The molecule has 2 N–H and O–H groups in total. The van der Waals surface area contributed by atoms with Crippen molar-refractivity contribution in [1.29, 1.82) is 0 Å². The zero-order valence-corrected chi connectivity index (χ0v) is 7.91. The molecule has 13 heavy (non-hydrogen) atoms. The van der Waals surface area contributed by atoms with Gasteiger partial charge in [0.1, 0.15) is 5.65 Å². The highest BCUT2D eigenvalue weighted by Crippen LogP contribution is 2.16. The summed E-state index contributed by atoms with van der Waals surface area (Å²) in [6.07, 6.45) is 1.84. The van der Waals surface area contributed by atoms with Gasteiger partial charge >= 0.3 is 0 Å². The van der Waals surface area contributed by atoms with Crippen molar-refractivity contribution >= 4 is 11.0 Å². The molecule has 0 saturated carbocycles. The normalized spacial score (nSPS) is 11.0. The first kappa shape index (κ1) is 8.26. The van der Waals surface area contributed by atoms with Crippen LogP contribution >= 0.6 is 0 Å². The number of rotatable bonds is 1. The Morgan fingerprint density at radius 3 is 2.92 bits per heavy atom. The van der Waals surface area contributed by atoms with Gasteiger partial charge in [-0.15, -0.1) is 0 Å². The number of hydrogen-bond donors (Lipinski definition) is 1. The van der Waals surface area contributed by atoms with E-state index in [1.165, 1.54) is 11.1 Å². The molecule has 2 heterocycles. The lowest BCUT2D eigenvalue weighted by molar-refractivity contribution is 0.900. The maximum Gasteiger partial charge on any atom is 0.139 e. The molecule has 2 rings (SSSR count). The highest BCUT2D eigenvalue weighted by atomic mass is 15.0. The second-order valence-electron chi connectivity index (χ2n) is 3.31. The number of aromatic nitrogens is 2. The molecule has 0 fully saturated rings. The van der Waals surface area contributed by atoms with Crippen LogP contribution in [0.5, 0.6) is 0 Å². The molecule has 0 bridgehead atoms. The van der Waals surface area contributed by atoms with Crippen molar-refractivity contribution in [3.05, 3.63) is 29.6 Å². The molecular formula is C10H13N3. The van der Waals surface area contributed by atoms with Gasteiger partial charge in [0.2, 0.25) is 0 Å². The summed E-state index contributed by atoms with van der Waals surface area (Å²) in [6.45, 7) is 2.63. The third kappa shape index (κ3) is 1.21. The van der Waals surface area contributed by atoms with Crippen LogP contribution in [-0.4, -0.2) is 9.55 Å². The summed E-state index contributed by atoms with van der Waals surface area (Å²) in [5.74, 6) is 0. The number of fused-ring (bicyclic) bond motifs is 1. The van der Waals surface area contributed by atoms with Crippen molar-refractivity contribution in [3.8, 4) is 0 Å². The van der Waals surface area contributed by atoms with E-state index in [0.717, 1.165) is 11.2 Å². The second-order valence-corrected chi connectivity index (χ2v) is 3.31. The van der Waals surface area contributed by atoms with E-state index in [2.05, 4.69) is 28.6 Å². The van der Waals surface area contributed by atoms with Crippen LogP contribution in [0, 0.1) is 6.92 Å². The first-order chi connectivity index (χ1) is 6.22. The van der Waals surface area contributed by atoms with Crippen LogP contribution in [0.2, 0.25) is 0 Å². The van der Waals surface area contributed by atoms with Gasteiger partial charge in [0.05, 0.1) is 0 Å². The molecule has 2 aromatic rings. The van der Waals surface area contributed by atoms with Gasteiger partial charge in [0.25, 0.3) is 0 Å². The van der Waals surface area contributed by atoms with Crippen LogP contribution < -0.4 is 5.73 Å². The Morgan fingerprint density at radius 2 is 2.23 bits per heavy atom. The van der Waals surface area contributed by atoms with Crippen LogP contribution in [0.15, 0.2) is 18.3 Å². The first-order valence-corrected chi connectivity index (χ1v) is 4.33.